The molecule has 4 nitrogen and oxygen atoms in total. The number of nitrogens with zero attached hydrogens (tertiary/aromatic N) is 3. The summed E-state index contributed by atoms with van der Waals surface area (Å²) in [4.78, 5) is 15.4. The van der Waals surface area contributed by atoms with E-state index in [1.54, 1.807) is 11.6 Å². The molecule has 0 N–H and O–H groups in total. The molecule has 2 heterocycles. The molecule has 0 aromatic carbocycles. The van der Waals surface area contributed by atoms with Crippen LogP contribution in [-0.4, -0.2) is 20.5 Å². The van der Waals surface area contributed by atoms with Crippen molar-refractivity contribution in [2.24, 2.45) is 0 Å². The molecule has 0 fully saturated rings. The summed E-state index contributed by atoms with van der Waals surface area (Å²) >= 11 is 1.48. The molecule has 0 atom stereocenters. The van der Waals surface area contributed by atoms with E-state index in [-0.39, 0.29) is 5.78 Å². The minimum absolute atomic E-state index is 0.00319. The topological polar surface area (TPSA) is 47.8 Å². The third kappa shape index (κ3) is 2.19. The van der Waals surface area contributed by atoms with E-state index in [9.17, 15) is 4.79 Å². The van der Waals surface area contributed by atoms with Crippen molar-refractivity contribution in [1.29, 1.82) is 0 Å². The second-order valence-electron chi connectivity index (χ2n) is 3.59. The van der Waals surface area contributed by atoms with Crippen molar-refractivity contribution in [3.05, 3.63) is 23.5 Å². The Bertz CT molecular complexity index is 501. The maximum atomic E-state index is 11.1. The maximum Gasteiger partial charge on any atom is 0.178 e. The van der Waals surface area contributed by atoms with Gasteiger partial charge in [0.15, 0.2) is 5.78 Å². The zero-order valence-corrected chi connectivity index (χ0v) is 10.1. The quantitative estimate of drug-likeness (QED) is 0.765. The maximum absolute atomic E-state index is 11.1. The van der Waals surface area contributed by atoms with E-state index in [0.717, 1.165) is 23.5 Å². The van der Waals surface area contributed by atoms with Crippen LogP contribution in [0.5, 0.6) is 0 Å². The second-order valence-corrected chi connectivity index (χ2v) is 4.44. The summed E-state index contributed by atoms with van der Waals surface area (Å²) < 4.78 is 1.89. The molecule has 0 spiro atoms. The molecule has 0 aliphatic heterocycles. The minimum atomic E-state index is 0.00319. The van der Waals surface area contributed by atoms with Gasteiger partial charge < -0.3 is 0 Å². The van der Waals surface area contributed by atoms with Gasteiger partial charge in [0.2, 0.25) is 0 Å². The van der Waals surface area contributed by atoms with Gasteiger partial charge in [0.05, 0.1) is 6.20 Å². The average Bonchev–Trinajstić information content (AvgIpc) is 2.84. The van der Waals surface area contributed by atoms with Gasteiger partial charge in [-0.2, -0.15) is 5.10 Å². The molecule has 84 valence electrons. The molecule has 0 unspecified atom stereocenters. The zero-order valence-electron chi connectivity index (χ0n) is 9.30. The molecule has 16 heavy (non-hydrogen) atoms. The lowest BCUT2D eigenvalue weighted by molar-refractivity contribution is 0.101. The van der Waals surface area contributed by atoms with E-state index >= 15 is 0 Å². The molecule has 0 saturated heterocycles. The highest BCUT2D eigenvalue weighted by atomic mass is 32.1. The molecule has 0 radical (unpaired) electrons. The Morgan fingerprint density at radius 1 is 1.56 bits per heavy atom. The van der Waals surface area contributed by atoms with Crippen LogP contribution in [0.3, 0.4) is 0 Å². The van der Waals surface area contributed by atoms with Crippen LogP contribution in [-0.2, 0) is 6.54 Å². The van der Waals surface area contributed by atoms with Crippen LogP contribution in [0.25, 0.3) is 10.6 Å². The standard InChI is InChI=1S/C11H13N3OS/c1-3-4-14-6-9(5-12-14)11-13-10(7-16-11)8(2)15/h5-7H,3-4H2,1-2H3. The van der Waals surface area contributed by atoms with Gasteiger partial charge in [0, 0.05) is 30.6 Å². The van der Waals surface area contributed by atoms with Gasteiger partial charge in [-0.25, -0.2) is 4.98 Å². The highest BCUT2D eigenvalue weighted by Gasteiger charge is 2.09. The summed E-state index contributed by atoms with van der Waals surface area (Å²) in [7, 11) is 0. The van der Waals surface area contributed by atoms with Gasteiger partial charge in [-0.05, 0) is 6.42 Å². The third-order valence-electron chi connectivity index (χ3n) is 2.20. The highest BCUT2D eigenvalue weighted by Crippen LogP contribution is 2.23. The summed E-state index contributed by atoms with van der Waals surface area (Å²) in [6.07, 6.45) is 4.81. The lowest BCUT2D eigenvalue weighted by atomic mass is 10.3. The normalized spacial score (nSPS) is 10.6. The van der Waals surface area contributed by atoms with Crippen molar-refractivity contribution in [2.75, 3.05) is 0 Å². The fraction of sp³-hybridized carbons (Fsp3) is 0.364. The first-order valence-corrected chi connectivity index (χ1v) is 6.08. The van der Waals surface area contributed by atoms with Crippen LogP contribution in [0.15, 0.2) is 17.8 Å². The first-order valence-electron chi connectivity index (χ1n) is 5.20. The Labute approximate surface area is 97.9 Å². The third-order valence-corrected chi connectivity index (χ3v) is 3.09. The fourth-order valence-electron chi connectivity index (χ4n) is 1.39. The van der Waals surface area contributed by atoms with Crippen LogP contribution in [0.1, 0.15) is 30.8 Å². The number of carbonyl (C=O) groups excluding carboxylic acids is 1. The molecule has 0 amide bonds. The van der Waals surface area contributed by atoms with E-state index in [4.69, 9.17) is 0 Å². The van der Waals surface area contributed by atoms with Crippen molar-refractivity contribution in [3.63, 3.8) is 0 Å². The lowest BCUT2D eigenvalue weighted by Gasteiger charge is -1.94. The van der Waals surface area contributed by atoms with Crippen LogP contribution in [0, 0.1) is 0 Å². The molecular weight excluding hydrogens is 222 g/mol. The summed E-state index contributed by atoms with van der Waals surface area (Å²) in [5.74, 6) is 0.00319. The van der Waals surface area contributed by atoms with Crippen molar-refractivity contribution in [2.45, 2.75) is 26.8 Å². The molecule has 5 heteroatoms. The Morgan fingerprint density at radius 2 is 2.38 bits per heavy atom. The largest absolute Gasteiger partial charge is 0.293 e. The number of aryl methyl sites for hydroxylation is 1. The number of hydrogen-bond donors (Lipinski definition) is 0. The van der Waals surface area contributed by atoms with Gasteiger partial charge in [-0.3, -0.25) is 9.48 Å². The van der Waals surface area contributed by atoms with Crippen molar-refractivity contribution >= 4 is 17.1 Å². The van der Waals surface area contributed by atoms with Crippen LogP contribution < -0.4 is 0 Å². The minimum Gasteiger partial charge on any atom is -0.293 e. The lowest BCUT2D eigenvalue weighted by Crippen LogP contribution is -1.95. The smallest absolute Gasteiger partial charge is 0.178 e. The number of ketones is 1. The second kappa shape index (κ2) is 4.57. The average molecular weight is 235 g/mol. The van der Waals surface area contributed by atoms with Gasteiger partial charge in [0.25, 0.3) is 0 Å². The number of hydrogen-bond acceptors (Lipinski definition) is 4. The highest BCUT2D eigenvalue weighted by molar-refractivity contribution is 7.13. The Balaban J connectivity index is 2.24. The molecule has 2 aromatic rings. The van der Waals surface area contributed by atoms with Crippen LogP contribution >= 0.6 is 11.3 Å². The van der Waals surface area contributed by atoms with Gasteiger partial charge in [-0.1, -0.05) is 6.92 Å². The molecule has 0 aliphatic carbocycles. The van der Waals surface area contributed by atoms with Gasteiger partial charge >= 0.3 is 0 Å². The van der Waals surface area contributed by atoms with Gasteiger partial charge in [-0.15, -0.1) is 11.3 Å². The number of Topliss-reactive ketones (excluding diaryl/α,β-unsaturated/α-hetero) is 1. The number of aromatic nitrogens is 3. The summed E-state index contributed by atoms with van der Waals surface area (Å²) in [5, 5.41) is 6.88. The van der Waals surface area contributed by atoms with Crippen LogP contribution in [0.2, 0.25) is 0 Å². The summed E-state index contributed by atoms with van der Waals surface area (Å²) in [6, 6.07) is 0. The molecule has 2 aromatic heterocycles. The first kappa shape index (κ1) is 11.0. The fourth-order valence-corrected chi connectivity index (χ4v) is 2.23. The van der Waals surface area contributed by atoms with E-state index in [2.05, 4.69) is 17.0 Å². The number of carbonyl (C=O) groups is 1. The Kier molecular flexibility index (Phi) is 3.14. The van der Waals surface area contributed by atoms with Crippen LogP contribution in [0.4, 0.5) is 0 Å². The van der Waals surface area contributed by atoms with Crippen molar-refractivity contribution < 1.29 is 4.79 Å². The Hall–Kier alpha value is -1.49. The van der Waals surface area contributed by atoms with Crippen molar-refractivity contribution in [3.8, 4) is 10.6 Å². The molecule has 0 aliphatic rings. The monoisotopic (exact) mass is 235 g/mol. The van der Waals surface area contributed by atoms with E-state index in [1.165, 1.54) is 18.3 Å². The SMILES string of the molecule is CCCn1cc(-c2nc(C(C)=O)cs2)cn1. The van der Waals surface area contributed by atoms with E-state index in [0.29, 0.717) is 5.69 Å². The summed E-state index contributed by atoms with van der Waals surface area (Å²) in [6.45, 7) is 4.54. The van der Waals surface area contributed by atoms with E-state index in [1.807, 2.05) is 10.9 Å². The van der Waals surface area contributed by atoms with Crippen molar-refractivity contribution in [1.82, 2.24) is 14.8 Å². The zero-order chi connectivity index (χ0) is 11.5. The molecule has 0 bridgehead atoms. The molecule has 2 rings (SSSR count). The Morgan fingerprint density at radius 3 is 3.00 bits per heavy atom. The molecular formula is C11H13N3OS. The first-order chi connectivity index (χ1) is 7.70. The van der Waals surface area contributed by atoms with Gasteiger partial charge in [0.1, 0.15) is 10.7 Å². The number of rotatable bonds is 4. The number of thiazole rings is 1. The molecule has 0 saturated carbocycles. The predicted octanol–water partition coefficient (Wildman–Crippen LogP) is 2.62. The van der Waals surface area contributed by atoms with E-state index < -0.39 is 0 Å². The predicted molar refractivity (Wildman–Crippen MR) is 63.6 cm³/mol. The summed E-state index contributed by atoms with van der Waals surface area (Å²) in [5.41, 5.74) is 1.51.